The number of hydroxylamine groups is 1. The zero-order valence-corrected chi connectivity index (χ0v) is 22.9. The van der Waals surface area contributed by atoms with Gasteiger partial charge in [0, 0.05) is 18.5 Å². The van der Waals surface area contributed by atoms with Crippen molar-refractivity contribution in [2.45, 2.75) is 63.1 Å². The van der Waals surface area contributed by atoms with Crippen LogP contribution in [0.3, 0.4) is 0 Å². The predicted octanol–water partition coefficient (Wildman–Crippen LogP) is 3.51. The maximum atomic E-state index is 13.9. The molecule has 9 nitrogen and oxygen atoms in total. The van der Waals surface area contributed by atoms with Crippen molar-refractivity contribution in [1.82, 2.24) is 15.1 Å². The fraction of sp³-hybridized carbons (Fsp3) is 0.462. The Balaban J connectivity index is 0.00000481. The van der Waals surface area contributed by atoms with Crippen molar-refractivity contribution in [3.8, 4) is 5.75 Å². The van der Waals surface area contributed by atoms with Crippen LogP contribution in [0.4, 0.5) is 0 Å². The Morgan fingerprint density at radius 3 is 2.11 bits per heavy atom. The Kier molecular flexibility index (Phi) is 11.4. The number of carbonyl (C=O) groups excluding carboxylic acids is 2. The fourth-order valence-corrected chi connectivity index (χ4v) is 6.21. The van der Waals surface area contributed by atoms with Crippen LogP contribution in [-0.4, -0.2) is 48.9 Å². The van der Waals surface area contributed by atoms with Crippen LogP contribution in [0.15, 0.2) is 59.5 Å². The third kappa shape index (κ3) is 7.67. The number of rotatable bonds is 10. The van der Waals surface area contributed by atoms with Crippen LogP contribution in [0.25, 0.3) is 0 Å². The molecule has 0 heterocycles. The third-order valence-corrected chi connectivity index (χ3v) is 8.47. The lowest BCUT2D eigenvalue weighted by atomic mass is 9.81. The number of ether oxygens (including phenoxy) is 1. The van der Waals surface area contributed by atoms with Crippen molar-refractivity contribution in [1.29, 1.82) is 0 Å². The Labute approximate surface area is 225 Å². The molecule has 3 N–H and O–H groups in total. The molecule has 0 radical (unpaired) electrons. The SMILES string of the molecule is COc1ccc(S(=O)(=O)N(Cc2ccccc2)[C@@H](C(=O)NO)[C@H]2CC[C@H](NC(=O)C(C)C)CC2)cc1.Cl. The molecule has 0 spiro atoms. The van der Waals surface area contributed by atoms with Gasteiger partial charge in [-0.25, -0.2) is 13.9 Å². The van der Waals surface area contributed by atoms with Crippen LogP contribution >= 0.6 is 12.4 Å². The molecule has 0 unspecified atom stereocenters. The van der Waals surface area contributed by atoms with Gasteiger partial charge in [0.2, 0.25) is 15.9 Å². The van der Waals surface area contributed by atoms with Crippen molar-refractivity contribution in [2.24, 2.45) is 11.8 Å². The summed E-state index contributed by atoms with van der Waals surface area (Å²) >= 11 is 0. The number of hydrogen-bond donors (Lipinski definition) is 3. The van der Waals surface area contributed by atoms with Crippen molar-refractivity contribution < 1.29 is 28.0 Å². The molecule has 0 aromatic heterocycles. The molecule has 3 rings (SSSR count). The van der Waals surface area contributed by atoms with Crippen LogP contribution in [0.5, 0.6) is 5.75 Å². The van der Waals surface area contributed by atoms with Crippen molar-refractivity contribution in [3.05, 3.63) is 60.2 Å². The minimum Gasteiger partial charge on any atom is -0.497 e. The summed E-state index contributed by atoms with van der Waals surface area (Å²) in [7, 11) is -2.64. The summed E-state index contributed by atoms with van der Waals surface area (Å²) < 4.78 is 34.1. The smallest absolute Gasteiger partial charge is 0.262 e. The van der Waals surface area contributed by atoms with Crippen LogP contribution < -0.4 is 15.5 Å². The first kappa shape index (κ1) is 30.6. The highest BCUT2D eigenvalue weighted by Crippen LogP contribution is 2.34. The molecule has 11 heteroatoms. The Morgan fingerprint density at radius 2 is 1.59 bits per heavy atom. The van der Waals surface area contributed by atoms with Gasteiger partial charge < -0.3 is 10.1 Å². The highest BCUT2D eigenvalue weighted by atomic mass is 35.5. The van der Waals surface area contributed by atoms with Crippen molar-refractivity contribution in [3.63, 3.8) is 0 Å². The summed E-state index contributed by atoms with van der Waals surface area (Å²) in [5, 5.41) is 12.6. The predicted molar refractivity (Wildman–Crippen MR) is 142 cm³/mol. The third-order valence-electron chi connectivity index (χ3n) is 6.63. The van der Waals surface area contributed by atoms with E-state index in [4.69, 9.17) is 4.74 Å². The van der Waals surface area contributed by atoms with Gasteiger partial charge in [-0.2, -0.15) is 4.31 Å². The standard InChI is InChI=1S/C26H35N3O6S.ClH/c1-18(2)25(30)27-21-11-9-20(10-12-21)24(26(31)28-32)29(17-19-7-5-4-6-8-19)36(33,34)23-15-13-22(35-3)14-16-23;/h4-8,13-16,18,20-21,24,32H,9-12,17H2,1-3H3,(H,27,30)(H,28,31);1H/t20-,21-,24-;/m1./s1. The number of amides is 2. The first-order valence-corrected chi connectivity index (χ1v) is 13.6. The number of carbonyl (C=O) groups is 2. The average molecular weight is 554 g/mol. The summed E-state index contributed by atoms with van der Waals surface area (Å²) in [6.07, 6.45) is 2.26. The molecule has 37 heavy (non-hydrogen) atoms. The second-order valence-electron chi connectivity index (χ2n) is 9.41. The maximum absolute atomic E-state index is 13.9. The van der Waals surface area contributed by atoms with E-state index in [0.29, 0.717) is 37.0 Å². The normalized spacial score (nSPS) is 18.5. The van der Waals surface area contributed by atoms with E-state index < -0.39 is 22.0 Å². The van der Waals surface area contributed by atoms with E-state index >= 15 is 0 Å². The summed E-state index contributed by atoms with van der Waals surface area (Å²) in [5.41, 5.74) is 2.41. The average Bonchev–Trinajstić information content (AvgIpc) is 2.89. The van der Waals surface area contributed by atoms with Gasteiger partial charge in [-0.05, 0) is 61.4 Å². The molecular weight excluding hydrogens is 518 g/mol. The van der Waals surface area contributed by atoms with Crippen molar-refractivity contribution >= 4 is 34.2 Å². The van der Waals surface area contributed by atoms with E-state index in [0.717, 1.165) is 0 Å². The second-order valence-corrected chi connectivity index (χ2v) is 11.3. The quantitative estimate of drug-likeness (QED) is 0.305. The van der Waals surface area contributed by atoms with Gasteiger partial charge in [0.15, 0.2) is 0 Å². The van der Waals surface area contributed by atoms with Crippen LogP contribution in [0.1, 0.15) is 45.1 Å². The maximum Gasteiger partial charge on any atom is 0.262 e. The van der Waals surface area contributed by atoms with E-state index in [1.54, 1.807) is 41.9 Å². The number of benzene rings is 2. The van der Waals surface area contributed by atoms with Crippen LogP contribution in [0.2, 0.25) is 0 Å². The van der Waals surface area contributed by atoms with E-state index in [9.17, 15) is 23.2 Å². The lowest BCUT2D eigenvalue weighted by molar-refractivity contribution is -0.136. The Bertz CT molecular complexity index is 1120. The summed E-state index contributed by atoms with van der Waals surface area (Å²) in [6, 6.07) is 13.8. The zero-order chi connectivity index (χ0) is 26.3. The Hall–Kier alpha value is -2.66. The molecule has 1 fully saturated rings. The molecule has 2 aromatic rings. The summed E-state index contributed by atoms with van der Waals surface area (Å²) in [6.45, 7) is 3.61. The number of nitrogens with one attached hydrogen (secondary N) is 2. The molecule has 1 saturated carbocycles. The van der Waals surface area contributed by atoms with E-state index in [2.05, 4.69) is 5.32 Å². The molecular formula is C26H36ClN3O6S. The molecule has 0 bridgehead atoms. The number of halogens is 1. The van der Waals surface area contributed by atoms with E-state index in [1.807, 2.05) is 19.9 Å². The summed E-state index contributed by atoms with van der Waals surface area (Å²) in [5.74, 6) is -0.781. The summed E-state index contributed by atoms with van der Waals surface area (Å²) in [4.78, 5) is 25.2. The van der Waals surface area contributed by atoms with Crippen LogP contribution in [-0.2, 0) is 26.2 Å². The largest absolute Gasteiger partial charge is 0.497 e. The molecule has 204 valence electrons. The lowest BCUT2D eigenvalue weighted by Crippen LogP contribution is -2.53. The van der Waals surface area contributed by atoms with E-state index in [1.165, 1.54) is 23.5 Å². The monoisotopic (exact) mass is 553 g/mol. The topological polar surface area (TPSA) is 125 Å². The van der Waals surface area contributed by atoms with Gasteiger partial charge in [-0.15, -0.1) is 12.4 Å². The Morgan fingerprint density at radius 1 is 1.00 bits per heavy atom. The molecule has 1 aliphatic rings. The second kappa shape index (κ2) is 13.8. The minimum absolute atomic E-state index is 0. The van der Waals surface area contributed by atoms with Gasteiger partial charge in [-0.3, -0.25) is 14.8 Å². The number of methoxy groups -OCH3 is 1. The minimum atomic E-state index is -4.14. The molecule has 0 aliphatic heterocycles. The number of hydrogen-bond acceptors (Lipinski definition) is 6. The lowest BCUT2D eigenvalue weighted by Gasteiger charge is -2.38. The number of nitrogens with zero attached hydrogens (tertiary/aromatic N) is 1. The molecule has 2 aromatic carbocycles. The molecule has 1 aliphatic carbocycles. The molecule has 0 saturated heterocycles. The van der Waals surface area contributed by atoms with Gasteiger partial charge >= 0.3 is 0 Å². The van der Waals surface area contributed by atoms with Crippen molar-refractivity contribution in [2.75, 3.05) is 7.11 Å². The fourth-order valence-electron chi connectivity index (χ4n) is 4.57. The number of sulfonamides is 1. The highest BCUT2D eigenvalue weighted by molar-refractivity contribution is 7.89. The first-order chi connectivity index (χ1) is 17.2. The van der Waals surface area contributed by atoms with E-state index in [-0.39, 0.29) is 47.6 Å². The zero-order valence-electron chi connectivity index (χ0n) is 21.3. The first-order valence-electron chi connectivity index (χ1n) is 12.1. The van der Waals surface area contributed by atoms with Gasteiger partial charge in [0.05, 0.1) is 12.0 Å². The van der Waals surface area contributed by atoms with Gasteiger partial charge in [-0.1, -0.05) is 44.2 Å². The van der Waals surface area contributed by atoms with Crippen LogP contribution in [0, 0.1) is 11.8 Å². The molecule has 2 amide bonds. The van der Waals surface area contributed by atoms with Gasteiger partial charge in [0.25, 0.3) is 5.91 Å². The molecule has 1 atom stereocenters. The van der Waals surface area contributed by atoms with Gasteiger partial charge in [0.1, 0.15) is 11.8 Å². The highest BCUT2D eigenvalue weighted by Gasteiger charge is 2.42.